The van der Waals surface area contributed by atoms with E-state index >= 15 is 0 Å². The Kier molecular flexibility index (Phi) is 3.51. The summed E-state index contributed by atoms with van der Waals surface area (Å²) in [4.78, 5) is 38.9. The van der Waals surface area contributed by atoms with E-state index in [4.69, 9.17) is 10.7 Å². The number of fused-ring (bicyclic) bond motifs is 4. The molecule has 5 aromatic rings. The first-order valence-electron chi connectivity index (χ1n) is 8.97. The summed E-state index contributed by atoms with van der Waals surface area (Å²) in [6.07, 6.45) is 1.66. The number of benzene rings is 2. The van der Waals surface area contributed by atoms with Crippen LogP contribution >= 0.6 is 0 Å². The van der Waals surface area contributed by atoms with Crippen LogP contribution < -0.4 is 17.0 Å². The number of aromatic nitrogens is 5. The summed E-state index contributed by atoms with van der Waals surface area (Å²) in [6.45, 7) is 0. The lowest BCUT2D eigenvalue weighted by molar-refractivity contribution is 0.697. The maximum Gasteiger partial charge on any atom is 0.332 e. The molecule has 0 radical (unpaired) electrons. The number of hydrogen-bond acceptors (Lipinski definition) is 6. The number of hydrogen-bond donors (Lipinski definition) is 1. The van der Waals surface area contributed by atoms with Crippen molar-refractivity contribution >= 4 is 38.8 Å². The predicted octanol–water partition coefficient (Wildman–Crippen LogP) is 1.98. The highest BCUT2D eigenvalue weighted by Crippen LogP contribution is 2.34. The van der Waals surface area contributed by atoms with Crippen molar-refractivity contribution in [1.29, 1.82) is 0 Å². The maximum atomic E-state index is 13.0. The molecule has 0 fully saturated rings. The van der Waals surface area contributed by atoms with E-state index < -0.39 is 11.2 Å². The smallest absolute Gasteiger partial charge is 0.332 e. The molecule has 0 aliphatic heterocycles. The number of pyridine rings is 1. The molecule has 8 nitrogen and oxygen atoms in total. The van der Waals surface area contributed by atoms with E-state index in [1.165, 1.54) is 11.6 Å². The molecule has 2 N–H and O–H groups in total. The minimum atomic E-state index is -0.476. The fourth-order valence-electron chi connectivity index (χ4n) is 3.66. The third-order valence-electron chi connectivity index (χ3n) is 5.20. The van der Waals surface area contributed by atoms with Crippen LogP contribution in [-0.2, 0) is 14.1 Å². The monoisotopic (exact) mass is 384 g/mol. The maximum absolute atomic E-state index is 13.0. The van der Waals surface area contributed by atoms with Gasteiger partial charge in [0.05, 0.1) is 16.6 Å². The summed E-state index contributed by atoms with van der Waals surface area (Å²) in [6, 6.07) is 13.1. The SMILES string of the molecule is Cn1c(N)c(-c2cc3nc4ncccc4nc3c3ccccc23)c(=O)n(C)c1=O. The number of nitrogens with two attached hydrogens (primary N) is 1. The van der Waals surface area contributed by atoms with Crippen molar-refractivity contribution in [1.82, 2.24) is 24.1 Å². The Hall–Kier alpha value is -4.07. The molecule has 5 rings (SSSR count). The van der Waals surface area contributed by atoms with E-state index in [-0.39, 0.29) is 11.4 Å². The Morgan fingerprint density at radius 1 is 0.897 bits per heavy atom. The largest absolute Gasteiger partial charge is 0.384 e. The van der Waals surface area contributed by atoms with Gasteiger partial charge in [-0.15, -0.1) is 0 Å². The molecule has 2 aromatic carbocycles. The van der Waals surface area contributed by atoms with Gasteiger partial charge < -0.3 is 5.73 Å². The molecule has 0 saturated heterocycles. The van der Waals surface area contributed by atoms with Crippen molar-refractivity contribution in [2.24, 2.45) is 14.1 Å². The fourth-order valence-corrected chi connectivity index (χ4v) is 3.66. The molecular weight excluding hydrogens is 368 g/mol. The third kappa shape index (κ3) is 2.35. The number of anilines is 1. The van der Waals surface area contributed by atoms with Crippen LogP contribution in [0.15, 0.2) is 58.3 Å². The molecular formula is C21H16N6O2. The lowest BCUT2D eigenvalue weighted by Gasteiger charge is -2.14. The summed E-state index contributed by atoms with van der Waals surface area (Å²) in [5.74, 6) is 0.106. The van der Waals surface area contributed by atoms with Crippen LogP contribution in [0.2, 0.25) is 0 Å². The first-order valence-corrected chi connectivity index (χ1v) is 8.97. The molecule has 0 saturated carbocycles. The van der Waals surface area contributed by atoms with Gasteiger partial charge in [-0.1, -0.05) is 24.3 Å². The minimum Gasteiger partial charge on any atom is -0.384 e. The van der Waals surface area contributed by atoms with E-state index in [1.807, 2.05) is 36.4 Å². The molecule has 3 aromatic heterocycles. The number of rotatable bonds is 1. The van der Waals surface area contributed by atoms with Gasteiger partial charge in [0.25, 0.3) is 5.56 Å². The van der Waals surface area contributed by atoms with E-state index in [0.29, 0.717) is 27.8 Å². The van der Waals surface area contributed by atoms with Crippen molar-refractivity contribution in [2.45, 2.75) is 0 Å². The van der Waals surface area contributed by atoms with Crippen molar-refractivity contribution in [3.05, 3.63) is 69.5 Å². The summed E-state index contributed by atoms with van der Waals surface area (Å²) < 4.78 is 2.32. The van der Waals surface area contributed by atoms with Gasteiger partial charge in [0.15, 0.2) is 5.65 Å². The second-order valence-corrected chi connectivity index (χ2v) is 6.87. The van der Waals surface area contributed by atoms with E-state index in [0.717, 1.165) is 15.3 Å². The summed E-state index contributed by atoms with van der Waals surface area (Å²) in [5, 5.41) is 1.65. The van der Waals surface area contributed by atoms with Crippen molar-refractivity contribution in [3.8, 4) is 11.1 Å². The van der Waals surface area contributed by atoms with Crippen LogP contribution in [0.25, 0.3) is 44.1 Å². The van der Waals surface area contributed by atoms with Crippen LogP contribution in [0.1, 0.15) is 0 Å². The lowest BCUT2D eigenvalue weighted by Crippen LogP contribution is -2.39. The number of nitrogens with zero attached hydrogens (tertiary/aromatic N) is 5. The minimum absolute atomic E-state index is 0.106. The zero-order valence-corrected chi connectivity index (χ0v) is 15.7. The predicted molar refractivity (Wildman–Crippen MR) is 113 cm³/mol. The van der Waals surface area contributed by atoms with E-state index in [9.17, 15) is 9.59 Å². The first-order chi connectivity index (χ1) is 14.0. The van der Waals surface area contributed by atoms with Gasteiger partial charge >= 0.3 is 5.69 Å². The van der Waals surface area contributed by atoms with Gasteiger partial charge in [-0.25, -0.2) is 19.7 Å². The molecule has 142 valence electrons. The Balaban J connectivity index is 2.01. The zero-order chi connectivity index (χ0) is 20.3. The quantitative estimate of drug-likeness (QED) is 0.350. The topological polar surface area (TPSA) is 109 Å². The molecule has 0 aliphatic carbocycles. The van der Waals surface area contributed by atoms with E-state index in [2.05, 4.69) is 9.97 Å². The summed E-state index contributed by atoms with van der Waals surface area (Å²) >= 11 is 0. The average Bonchev–Trinajstić information content (AvgIpc) is 2.75. The Bertz CT molecular complexity index is 1580. The third-order valence-corrected chi connectivity index (χ3v) is 5.20. The van der Waals surface area contributed by atoms with Crippen LogP contribution in [-0.4, -0.2) is 24.1 Å². The average molecular weight is 384 g/mol. The molecule has 0 unspecified atom stereocenters. The van der Waals surface area contributed by atoms with Crippen LogP contribution in [0.4, 0.5) is 5.82 Å². The zero-order valence-electron chi connectivity index (χ0n) is 15.7. The second-order valence-electron chi connectivity index (χ2n) is 6.87. The standard InChI is InChI=1S/C21H16N6O2/c1-26-18(22)16(20(28)27(2)21(26)29)13-10-15-17(12-7-4-3-6-11(12)13)24-14-8-5-9-23-19(14)25-15/h3-10H,22H2,1-2H3. The number of nitrogen functional groups attached to an aromatic ring is 1. The van der Waals surface area contributed by atoms with Gasteiger partial charge in [0, 0.05) is 31.2 Å². The van der Waals surface area contributed by atoms with Gasteiger partial charge in [-0.2, -0.15) is 0 Å². The lowest BCUT2D eigenvalue weighted by atomic mass is 9.97. The molecule has 29 heavy (non-hydrogen) atoms. The normalized spacial score (nSPS) is 11.5. The van der Waals surface area contributed by atoms with Crippen molar-refractivity contribution in [3.63, 3.8) is 0 Å². The summed E-state index contributed by atoms with van der Waals surface area (Å²) in [7, 11) is 2.98. The molecule has 0 bridgehead atoms. The van der Waals surface area contributed by atoms with E-state index in [1.54, 1.807) is 19.3 Å². The van der Waals surface area contributed by atoms with Crippen LogP contribution in [0.3, 0.4) is 0 Å². The highest BCUT2D eigenvalue weighted by Gasteiger charge is 2.19. The Labute approximate surface area is 163 Å². The second kappa shape index (κ2) is 5.96. The molecule has 3 heterocycles. The van der Waals surface area contributed by atoms with Gasteiger partial charge in [-0.3, -0.25) is 13.9 Å². The molecule has 0 aliphatic rings. The van der Waals surface area contributed by atoms with Crippen LogP contribution in [0, 0.1) is 0 Å². The molecule has 8 heteroatoms. The molecule has 0 spiro atoms. The highest BCUT2D eigenvalue weighted by molar-refractivity contribution is 6.12. The Morgan fingerprint density at radius 3 is 2.45 bits per heavy atom. The molecule has 0 amide bonds. The Morgan fingerprint density at radius 2 is 1.66 bits per heavy atom. The highest BCUT2D eigenvalue weighted by atomic mass is 16.2. The van der Waals surface area contributed by atoms with Crippen LogP contribution in [0.5, 0.6) is 0 Å². The summed E-state index contributed by atoms with van der Waals surface area (Å²) in [5.41, 5.74) is 8.66. The van der Waals surface area contributed by atoms with Gasteiger partial charge in [0.2, 0.25) is 0 Å². The fraction of sp³-hybridized carbons (Fsp3) is 0.0952. The van der Waals surface area contributed by atoms with Crippen molar-refractivity contribution < 1.29 is 0 Å². The van der Waals surface area contributed by atoms with Crippen molar-refractivity contribution in [2.75, 3.05) is 5.73 Å². The first kappa shape index (κ1) is 17.1. The molecule has 0 atom stereocenters. The van der Waals surface area contributed by atoms with Gasteiger partial charge in [0.1, 0.15) is 11.3 Å². The van der Waals surface area contributed by atoms with Gasteiger partial charge in [-0.05, 0) is 23.6 Å².